The van der Waals surface area contributed by atoms with Gasteiger partial charge in [0.25, 0.3) is 0 Å². The fraction of sp³-hybridized carbons (Fsp3) is 0.909. The van der Waals surface area contributed by atoms with Crippen LogP contribution in [-0.4, -0.2) is 0 Å². The molecule has 0 aliphatic heterocycles. The van der Waals surface area contributed by atoms with E-state index in [1.54, 1.807) is 12.8 Å². The second-order valence-corrected chi connectivity index (χ2v) is 4.88. The summed E-state index contributed by atoms with van der Waals surface area (Å²) in [6.07, 6.45) is 13.5. The van der Waals surface area contributed by atoms with Crippen molar-refractivity contribution in [3.63, 3.8) is 0 Å². The lowest BCUT2D eigenvalue weighted by molar-refractivity contribution is 0.231. The average Bonchev–Trinajstić information content (AvgIpc) is 2.64. The zero-order valence-corrected chi connectivity index (χ0v) is 7.18. The van der Waals surface area contributed by atoms with E-state index >= 15 is 0 Å². The quantitative estimate of drug-likeness (QED) is 0.496. The van der Waals surface area contributed by atoms with Crippen LogP contribution in [0.15, 0.2) is 0 Å². The van der Waals surface area contributed by atoms with Crippen molar-refractivity contribution in [3.8, 4) is 0 Å². The van der Waals surface area contributed by atoms with E-state index in [1.807, 2.05) is 0 Å². The second kappa shape index (κ2) is 2.02. The lowest BCUT2D eigenvalue weighted by Gasteiger charge is -2.33. The molecule has 1 radical (unpaired) electrons. The highest BCUT2D eigenvalue weighted by Gasteiger charge is 2.51. The molecule has 2 bridgehead atoms. The minimum atomic E-state index is 0.781. The third kappa shape index (κ3) is 0.761. The Kier molecular flexibility index (Phi) is 1.20. The second-order valence-electron chi connectivity index (χ2n) is 4.88. The van der Waals surface area contributed by atoms with E-state index in [4.69, 9.17) is 0 Å². The Balaban J connectivity index is 1.88. The Morgan fingerprint density at radius 1 is 1.09 bits per heavy atom. The summed E-state index contributed by atoms with van der Waals surface area (Å²) in [6.45, 7) is 0. The first-order valence-corrected chi connectivity index (χ1v) is 5.25. The van der Waals surface area contributed by atoms with Gasteiger partial charge >= 0.3 is 0 Å². The molecular weight excluding hydrogens is 132 g/mol. The number of hydrogen-bond acceptors (Lipinski definition) is 0. The summed E-state index contributed by atoms with van der Waals surface area (Å²) in [5.74, 6) is 2.16. The van der Waals surface area contributed by atoms with Gasteiger partial charge in [-0.25, -0.2) is 0 Å². The van der Waals surface area contributed by atoms with Gasteiger partial charge in [0.15, 0.2) is 0 Å². The van der Waals surface area contributed by atoms with Crippen molar-refractivity contribution in [3.05, 3.63) is 6.42 Å². The van der Waals surface area contributed by atoms with Gasteiger partial charge in [-0.1, -0.05) is 12.8 Å². The largest absolute Gasteiger partial charge is 0.0527 e. The molecule has 0 nitrogen and oxygen atoms in total. The van der Waals surface area contributed by atoms with Gasteiger partial charge in [-0.3, -0.25) is 0 Å². The average molecular weight is 149 g/mol. The lowest BCUT2D eigenvalue weighted by Crippen LogP contribution is -2.24. The molecule has 61 valence electrons. The summed E-state index contributed by atoms with van der Waals surface area (Å²) in [4.78, 5) is 0. The molecular formula is C11H17. The molecule has 1 spiro atoms. The molecule has 2 unspecified atom stereocenters. The van der Waals surface area contributed by atoms with Crippen molar-refractivity contribution in [1.82, 2.24) is 0 Å². The first-order valence-electron chi connectivity index (χ1n) is 5.25. The fourth-order valence-electron chi connectivity index (χ4n) is 3.90. The number of fused-ring (bicyclic) bond motifs is 3. The van der Waals surface area contributed by atoms with Crippen LogP contribution in [0.25, 0.3) is 0 Å². The predicted molar refractivity (Wildman–Crippen MR) is 46.0 cm³/mol. The standard InChI is InChI=1S/C11H17/c1-2-6-11(5-1)8-9-3-4-10(11)7-9/h8-10H,1-7H2. The summed E-state index contributed by atoms with van der Waals surface area (Å²) >= 11 is 0. The number of rotatable bonds is 0. The molecule has 0 aromatic rings. The first-order chi connectivity index (χ1) is 5.39. The van der Waals surface area contributed by atoms with E-state index < -0.39 is 0 Å². The highest BCUT2D eigenvalue weighted by molar-refractivity contribution is 5.12. The molecule has 3 fully saturated rings. The van der Waals surface area contributed by atoms with Crippen LogP contribution in [0.1, 0.15) is 44.9 Å². The van der Waals surface area contributed by atoms with Gasteiger partial charge in [0.2, 0.25) is 0 Å². The van der Waals surface area contributed by atoms with Crippen molar-refractivity contribution in [2.75, 3.05) is 0 Å². The summed E-state index contributed by atoms with van der Waals surface area (Å²) in [6, 6.07) is 0. The van der Waals surface area contributed by atoms with Crippen molar-refractivity contribution >= 4 is 0 Å². The lowest BCUT2D eigenvalue weighted by atomic mass is 9.72. The van der Waals surface area contributed by atoms with Gasteiger partial charge in [0, 0.05) is 0 Å². The zero-order valence-electron chi connectivity index (χ0n) is 7.18. The highest BCUT2D eigenvalue weighted by Crippen LogP contribution is 2.61. The van der Waals surface area contributed by atoms with E-state index in [0.717, 1.165) is 17.3 Å². The van der Waals surface area contributed by atoms with Crippen LogP contribution < -0.4 is 0 Å². The van der Waals surface area contributed by atoms with Gasteiger partial charge in [-0.15, -0.1) is 0 Å². The van der Waals surface area contributed by atoms with Gasteiger partial charge in [0.05, 0.1) is 0 Å². The van der Waals surface area contributed by atoms with E-state index in [1.165, 1.54) is 32.1 Å². The summed E-state index contributed by atoms with van der Waals surface area (Å²) < 4.78 is 0. The minimum Gasteiger partial charge on any atom is -0.0527 e. The minimum absolute atomic E-state index is 0.781. The zero-order chi connectivity index (χ0) is 7.31. The molecule has 0 heteroatoms. The molecule has 0 heterocycles. The first kappa shape index (κ1) is 6.51. The van der Waals surface area contributed by atoms with Crippen LogP contribution in [0, 0.1) is 23.7 Å². The van der Waals surface area contributed by atoms with Gasteiger partial charge in [-0.2, -0.15) is 0 Å². The van der Waals surface area contributed by atoms with Crippen LogP contribution in [0.4, 0.5) is 0 Å². The Bertz CT molecular complexity index is 165. The Hall–Kier alpha value is 0. The molecule has 3 rings (SSSR count). The van der Waals surface area contributed by atoms with Crippen LogP contribution in [0.5, 0.6) is 0 Å². The maximum atomic E-state index is 2.74. The van der Waals surface area contributed by atoms with E-state index in [9.17, 15) is 0 Å². The molecule has 0 N–H and O–H groups in total. The predicted octanol–water partition coefficient (Wildman–Crippen LogP) is 3.18. The molecule has 0 aromatic heterocycles. The summed E-state index contributed by atoms with van der Waals surface area (Å²) in [5.41, 5.74) is 0.781. The van der Waals surface area contributed by atoms with Crippen molar-refractivity contribution in [2.45, 2.75) is 44.9 Å². The molecule has 3 aliphatic rings. The monoisotopic (exact) mass is 149 g/mol. The smallest absolute Gasteiger partial charge is 0.0235 e. The van der Waals surface area contributed by atoms with Crippen LogP contribution in [-0.2, 0) is 0 Å². The van der Waals surface area contributed by atoms with Crippen molar-refractivity contribution < 1.29 is 0 Å². The molecule has 0 amide bonds. The molecule has 11 heavy (non-hydrogen) atoms. The Morgan fingerprint density at radius 3 is 2.45 bits per heavy atom. The Morgan fingerprint density at radius 2 is 1.91 bits per heavy atom. The summed E-state index contributed by atoms with van der Waals surface area (Å²) in [7, 11) is 0. The van der Waals surface area contributed by atoms with Crippen LogP contribution in [0.3, 0.4) is 0 Å². The van der Waals surface area contributed by atoms with Crippen molar-refractivity contribution in [1.29, 1.82) is 0 Å². The summed E-state index contributed by atoms with van der Waals surface area (Å²) in [5, 5.41) is 0. The number of hydrogen-bond donors (Lipinski definition) is 0. The van der Waals surface area contributed by atoms with E-state index in [0.29, 0.717) is 0 Å². The topological polar surface area (TPSA) is 0 Å². The highest BCUT2D eigenvalue weighted by atomic mass is 14.6. The molecule has 3 saturated carbocycles. The van der Waals surface area contributed by atoms with E-state index in [-0.39, 0.29) is 0 Å². The van der Waals surface area contributed by atoms with E-state index in [2.05, 4.69) is 6.42 Å². The fourth-order valence-corrected chi connectivity index (χ4v) is 3.90. The van der Waals surface area contributed by atoms with Gasteiger partial charge in [0.1, 0.15) is 0 Å². The molecule has 2 atom stereocenters. The van der Waals surface area contributed by atoms with Crippen LogP contribution >= 0.6 is 0 Å². The SMILES string of the molecule is [CH]1C2CCC(C2)C12CCCC2. The maximum Gasteiger partial charge on any atom is -0.0235 e. The normalized spacial score (nSPS) is 45.8. The van der Waals surface area contributed by atoms with Gasteiger partial charge < -0.3 is 0 Å². The third-order valence-corrected chi connectivity index (χ3v) is 4.39. The van der Waals surface area contributed by atoms with Gasteiger partial charge in [-0.05, 0) is 55.8 Å². The maximum absolute atomic E-state index is 2.74. The van der Waals surface area contributed by atoms with Crippen molar-refractivity contribution in [2.24, 2.45) is 17.3 Å². The molecule has 0 saturated heterocycles. The third-order valence-electron chi connectivity index (χ3n) is 4.39. The molecule has 0 aromatic carbocycles. The Labute approximate surface area is 69.4 Å². The van der Waals surface area contributed by atoms with Crippen LogP contribution in [0.2, 0.25) is 0 Å². The molecule has 3 aliphatic carbocycles.